The Kier molecular flexibility index (Phi) is 2.50. The number of hydrogen-bond donors (Lipinski definition) is 1. The van der Waals surface area contributed by atoms with E-state index in [9.17, 15) is 4.79 Å². The fourth-order valence-electron chi connectivity index (χ4n) is 1.78. The molecule has 73 valence electrons. The van der Waals surface area contributed by atoms with E-state index in [0.717, 1.165) is 25.2 Å². The minimum absolute atomic E-state index is 0.0130. The molecule has 0 saturated carbocycles. The molecule has 1 aliphatic heterocycles. The number of nitrogens with zero attached hydrogens (tertiary/aromatic N) is 1. The second-order valence-electron chi connectivity index (χ2n) is 3.48. The van der Waals surface area contributed by atoms with Crippen LogP contribution in [0, 0.1) is 0 Å². The van der Waals surface area contributed by atoms with Gasteiger partial charge in [0.05, 0.1) is 0 Å². The fourth-order valence-corrected chi connectivity index (χ4v) is 1.78. The van der Waals surface area contributed by atoms with Crippen LogP contribution in [0.4, 0.5) is 5.69 Å². The molecule has 0 unspecified atom stereocenters. The highest BCUT2D eigenvalue weighted by Crippen LogP contribution is 2.23. The minimum atomic E-state index is -0.0130. The molecule has 0 aromatic heterocycles. The molecule has 0 bridgehead atoms. The molecule has 1 N–H and O–H groups in total. The molecule has 0 spiro atoms. The first kappa shape index (κ1) is 9.21. The Balaban J connectivity index is 2.35. The summed E-state index contributed by atoms with van der Waals surface area (Å²) in [6, 6.07) is 5.99. The largest absolute Gasteiger partial charge is 0.326 e. The third kappa shape index (κ3) is 1.77. The van der Waals surface area contributed by atoms with Gasteiger partial charge in [0.15, 0.2) is 0 Å². The predicted octanol–water partition coefficient (Wildman–Crippen LogP) is 1.31. The number of benzene rings is 1. The summed E-state index contributed by atoms with van der Waals surface area (Å²) in [6.45, 7) is 3.18. The Morgan fingerprint density at radius 3 is 3.14 bits per heavy atom. The van der Waals surface area contributed by atoms with Crippen LogP contribution in [0.3, 0.4) is 0 Å². The first-order chi connectivity index (χ1) is 6.77. The number of rotatable bonds is 1. The molecule has 0 saturated heterocycles. The van der Waals surface area contributed by atoms with Gasteiger partial charge < -0.3 is 5.32 Å². The maximum Gasteiger partial charge on any atom is 0.221 e. The van der Waals surface area contributed by atoms with Gasteiger partial charge in [0.1, 0.15) is 0 Å². The van der Waals surface area contributed by atoms with Crippen LogP contribution in [0.5, 0.6) is 0 Å². The minimum Gasteiger partial charge on any atom is -0.326 e. The van der Waals surface area contributed by atoms with Crippen LogP contribution in [0.15, 0.2) is 18.2 Å². The zero-order valence-electron chi connectivity index (χ0n) is 8.21. The molecule has 1 aliphatic rings. The smallest absolute Gasteiger partial charge is 0.221 e. The van der Waals surface area contributed by atoms with Gasteiger partial charge in [-0.05, 0) is 23.6 Å². The highest BCUT2D eigenvalue weighted by atomic mass is 16.1. The molecule has 2 rings (SSSR count). The summed E-state index contributed by atoms with van der Waals surface area (Å²) in [5, 5.41) is 7.18. The van der Waals surface area contributed by atoms with Gasteiger partial charge in [-0.15, -0.1) is 0 Å². The number of amides is 1. The molecule has 1 aromatic carbocycles. The van der Waals surface area contributed by atoms with Crippen molar-refractivity contribution in [1.82, 2.24) is 5.32 Å². The third-order valence-corrected chi connectivity index (χ3v) is 2.39. The van der Waals surface area contributed by atoms with Crippen molar-refractivity contribution in [2.24, 2.45) is 0 Å². The number of nitrogens with one attached hydrogen (secondary N) is 1. The third-order valence-electron chi connectivity index (χ3n) is 2.39. The number of carbonyl (C=O) groups is 1. The summed E-state index contributed by atoms with van der Waals surface area (Å²) < 4.78 is 0. The van der Waals surface area contributed by atoms with E-state index in [-0.39, 0.29) is 5.91 Å². The Bertz CT molecular complexity index is 360. The number of hydrogen-bond acceptors (Lipinski definition) is 1. The van der Waals surface area contributed by atoms with Crippen LogP contribution in [-0.4, -0.2) is 12.5 Å². The van der Waals surface area contributed by atoms with Crippen molar-refractivity contribution in [2.45, 2.75) is 19.9 Å². The van der Waals surface area contributed by atoms with E-state index >= 15 is 0 Å². The quantitative estimate of drug-likeness (QED) is 0.711. The molecule has 1 amide bonds. The van der Waals surface area contributed by atoms with Gasteiger partial charge in [0.2, 0.25) is 5.91 Å². The average molecular weight is 189 g/mol. The van der Waals surface area contributed by atoms with Crippen molar-refractivity contribution in [1.29, 1.82) is 0 Å². The number of fused-ring (bicyclic) bond motifs is 1. The molecular formula is C11H13N2O. The van der Waals surface area contributed by atoms with E-state index in [1.807, 2.05) is 12.1 Å². The van der Waals surface area contributed by atoms with Crippen molar-refractivity contribution < 1.29 is 4.79 Å². The standard InChI is InChI=1S/C11H13N2O/c1-8(14)13-11-4-2-3-9-7-12-6-5-10(9)11/h2-4H,5-7H2,1H3,(H,13,14). The molecule has 0 aliphatic carbocycles. The lowest BCUT2D eigenvalue weighted by Gasteiger charge is -2.19. The van der Waals surface area contributed by atoms with Crippen LogP contribution >= 0.6 is 0 Å². The van der Waals surface area contributed by atoms with Gasteiger partial charge in [-0.25, -0.2) is 5.32 Å². The highest BCUT2D eigenvalue weighted by Gasteiger charge is 2.13. The fraction of sp³-hybridized carbons (Fsp3) is 0.364. The molecule has 1 heterocycles. The lowest BCUT2D eigenvalue weighted by atomic mass is 9.99. The SMILES string of the molecule is CC(=O)Nc1cccc2c1CC[N]C2. The summed E-state index contributed by atoms with van der Waals surface area (Å²) in [5.74, 6) is -0.0130. The van der Waals surface area contributed by atoms with Crippen LogP contribution in [0.1, 0.15) is 18.1 Å². The van der Waals surface area contributed by atoms with Crippen LogP contribution < -0.4 is 10.6 Å². The Morgan fingerprint density at radius 2 is 2.36 bits per heavy atom. The van der Waals surface area contributed by atoms with Crippen molar-refractivity contribution >= 4 is 11.6 Å². The van der Waals surface area contributed by atoms with Gasteiger partial charge in [-0.3, -0.25) is 4.79 Å². The molecule has 0 atom stereocenters. The summed E-state index contributed by atoms with van der Waals surface area (Å²) in [6.07, 6.45) is 0.936. The van der Waals surface area contributed by atoms with Crippen molar-refractivity contribution in [2.75, 3.05) is 11.9 Å². The first-order valence-electron chi connectivity index (χ1n) is 4.79. The Hall–Kier alpha value is -1.35. The monoisotopic (exact) mass is 189 g/mol. The lowest BCUT2D eigenvalue weighted by molar-refractivity contribution is -0.114. The van der Waals surface area contributed by atoms with Gasteiger partial charge in [0.25, 0.3) is 0 Å². The second-order valence-corrected chi connectivity index (χ2v) is 3.48. The molecule has 1 aromatic rings. The van der Waals surface area contributed by atoms with Crippen LogP contribution in [-0.2, 0) is 17.8 Å². The molecular weight excluding hydrogens is 176 g/mol. The zero-order valence-corrected chi connectivity index (χ0v) is 8.21. The van der Waals surface area contributed by atoms with Crippen molar-refractivity contribution in [3.8, 4) is 0 Å². The zero-order chi connectivity index (χ0) is 9.97. The van der Waals surface area contributed by atoms with Gasteiger partial charge in [-0.1, -0.05) is 12.1 Å². The Labute approximate surface area is 83.5 Å². The highest BCUT2D eigenvalue weighted by molar-refractivity contribution is 5.89. The Morgan fingerprint density at radius 1 is 1.50 bits per heavy atom. The summed E-state index contributed by atoms with van der Waals surface area (Å²) >= 11 is 0. The predicted molar refractivity (Wildman–Crippen MR) is 55.2 cm³/mol. The second kappa shape index (κ2) is 3.80. The van der Waals surface area contributed by atoms with E-state index in [2.05, 4.69) is 16.7 Å². The molecule has 0 fully saturated rings. The molecule has 14 heavy (non-hydrogen) atoms. The van der Waals surface area contributed by atoms with Crippen LogP contribution in [0.2, 0.25) is 0 Å². The summed E-state index contributed by atoms with van der Waals surface area (Å²) in [4.78, 5) is 11.0. The first-order valence-corrected chi connectivity index (χ1v) is 4.79. The van der Waals surface area contributed by atoms with E-state index < -0.39 is 0 Å². The average Bonchev–Trinajstić information content (AvgIpc) is 2.18. The van der Waals surface area contributed by atoms with E-state index in [0.29, 0.717) is 0 Å². The van der Waals surface area contributed by atoms with E-state index in [1.165, 1.54) is 18.1 Å². The maximum atomic E-state index is 11.0. The normalized spacial score (nSPS) is 14.6. The number of anilines is 1. The van der Waals surface area contributed by atoms with Gasteiger partial charge in [-0.2, -0.15) is 0 Å². The van der Waals surface area contributed by atoms with Crippen molar-refractivity contribution in [3.63, 3.8) is 0 Å². The number of carbonyl (C=O) groups excluding carboxylic acids is 1. The lowest BCUT2D eigenvalue weighted by Crippen LogP contribution is -2.20. The van der Waals surface area contributed by atoms with Gasteiger partial charge in [0, 0.05) is 25.7 Å². The van der Waals surface area contributed by atoms with E-state index in [4.69, 9.17) is 0 Å². The van der Waals surface area contributed by atoms with Gasteiger partial charge >= 0.3 is 0 Å². The molecule has 3 heteroatoms. The molecule has 1 radical (unpaired) electrons. The topological polar surface area (TPSA) is 43.2 Å². The maximum absolute atomic E-state index is 11.0. The summed E-state index contributed by atoms with van der Waals surface area (Å²) in [7, 11) is 0. The molecule has 3 nitrogen and oxygen atoms in total. The summed E-state index contributed by atoms with van der Waals surface area (Å²) in [5.41, 5.74) is 3.44. The van der Waals surface area contributed by atoms with Crippen molar-refractivity contribution in [3.05, 3.63) is 29.3 Å². The van der Waals surface area contributed by atoms with Crippen LogP contribution in [0.25, 0.3) is 0 Å². The van der Waals surface area contributed by atoms with E-state index in [1.54, 1.807) is 0 Å².